The van der Waals surface area contributed by atoms with Crippen molar-refractivity contribution in [3.8, 4) is 22.3 Å². The van der Waals surface area contributed by atoms with Crippen LogP contribution < -0.4 is 5.46 Å². The van der Waals surface area contributed by atoms with Crippen molar-refractivity contribution in [2.75, 3.05) is 0 Å². The van der Waals surface area contributed by atoms with Gasteiger partial charge in [0.2, 0.25) is 0 Å². The first-order chi connectivity index (χ1) is 12.8. The smallest absolute Gasteiger partial charge is 0.135 e. The maximum Gasteiger partial charge on any atom is 0.141 e. The number of hydrogen-bond donors (Lipinski definition) is 0. The van der Waals surface area contributed by atoms with Gasteiger partial charge in [0.05, 0.1) is 0 Å². The van der Waals surface area contributed by atoms with Gasteiger partial charge in [-0.05, 0) is 27.6 Å². The van der Waals surface area contributed by atoms with Crippen molar-refractivity contribution in [2.45, 2.75) is 0 Å². The highest BCUT2D eigenvalue weighted by Gasteiger charge is 2.11. The second kappa shape index (κ2) is 6.15. The molecule has 0 fully saturated rings. The quantitative estimate of drug-likeness (QED) is 0.362. The van der Waals surface area contributed by atoms with E-state index in [0.717, 1.165) is 0 Å². The molecule has 0 saturated heterocycles. The Kier molecular flexibility index (Phi) is 3.65. The summed E-state index contributed by atoms with van der Waals surface area (Å²) in [5.41, 5.74) is 6.47. The van der Waals surface area contributed by atoms with Gasteiger partial charge >= 0.3 is 0 Å². The molecular weight excluding hydrogens is 331 g/mol. The summed E-state index contributed by atoms with van der Waals surface area (Å²) in [5.74, 6) is 0. The fourth-order valence-electron chi connectivity index (χ4n) is 3.66. The summed E-state index contributed by atoms with van der Waals surface area (Å²) < 4.78 is 2.78. The minimum Gasteiger partial charge on any atom is -0.135 e. The van der Waals surface area contributed by atoms with Crippen molar-refractivity contribution >= 4 is 44.8 Å². The van der Waals surface area contributed by atoms with E-state index in [1.807, 2.05) is 11.3 Å². The van der Waals surface area contributed by atoms with E-state index in [0.29, 0.717) is 0 Å². The summed E-state index contributed by atoms with van der Waals surface area (Å²) in [6.45, 7) is 0. The molecule has 2 heteroatoms. The van der Waals surface area contributed by atoms with Crippen molar-refractivity contribution < 1.29 is 0 Å². The van der Waals surface area contributed by atoms with Crippen molar-refractivity contribution in [1.82, 2.24) is 0 Å². The Balaban J connectivity index is 1.67. The summed E-state index contributed by atoms with van der Waals surface area (Å²) in [6, 6.07) is 32.7. The molecule has 1 heterocycles. The highest BCUT2D eigenvalue weighted by Crippen LogP contribution is 2.39. The molecule has 5 rings (SSSR count). The summed E-state index contributed by atoms with van der Waals surface area (Å²) in [6.07, 6.45) is 0. The molecule has 0 nitrogen and oxygen atoms in total. The second-order valence-corrected chi connectivity index (χ2v) is 7.70. The van der Waals surface area contributed by atoms with Gasteiger partial charge < -0.3 is 0 Å². The number of fused-ring (bicyclic) bond motifs is 3. The predicted molar refractivity (Wildman–Crippen MR) is 118 cm³/mol. The third-order valence-electron chi connectivity index (χ3n) is 5.02. The zero-order valence-corrected chi connectivity index (χ0v) is 15.4. The Morgan fingerprint density at radius 2 is 1.12 bits per heavy atom. The van der Waals surface area contributed by atoms with Crippen LogP contribution in [-0.4, -0.2) is 7.85 Å². The van der Waals surface area contributed by atoms with Crippen LogP contribution in [0.2, 0.25) is 0 Å². The Hall–Kier alpha value is -2.84. The van der Waals surface area contributed by atoms with Crippen LogP contribution in [0.25, 0.3) is 42.4 Å². The standard InChI is InChI=1S/C24H17BS/c25-22-11-5-10-21-20-9-4-8-19(23(20)26-24(21)22)18-14-12-17(13-15-18)16-6-2-1-3-7-16/h1-15H,25H2. The summed E-state index contributed by atoms with van der Waals surface area (Å²) >= 11 is 1.91. The van der Waals surface area contributed by atoms with E-state index in [1.54, 1.807) is 0 Å². The van der Waals surface area contributed by atoms with Gasteiger partial charge in [-0.3, -0.25) is 0 Å². The van der Waals surface area contributed by atoms with Crippen LogP contribution >= 0.6 is 11.3 Å². The molecule has 0 aliphatic carbocycles. The Morgan fingerprint density at radius 1 is 0.500 bits per heavy atom. The first kappa shape index (κ1) is 15.4. The van der Waals surface area contributed by atoms with Crippen molar-refractivity contribution in [1.29, 1.82) is 0 Å². The molecule has 0 saturated carbocycles. The molecular formula is C24H17BS. The fraction of sp³-hybridized carbons (Fsp3) is 0. The lowest BCUT2D eigenvalue weighted by atomic mass is 9.94. The molecule has 0 unspecified atom stereocenters. The van der Waals surface area contributed by atoms with E-state index in [4.69, 9.17) is 0 Å². The van der Waals surface area contributed by atoms with Crippen LogP contribution in [-0.2, 0) is 0 Å². The van der Waals surface area contributed by atoms with Crippen LogP contribution in [0.4, 0.5) is 0 Å². The highest BCUT2D eigenvalue weighted by atomic mass is 32.1. The SMILES string of the molecule is Bc1cccc2c1sc1c(-c3ccc(-c4ccccc4)cc3)cccc12. The maximum absolute atomic E-state index is 2.25. The number of thiophene rings is 1. The van der Waals surface area contributed by atoms with Gasteiger partial charge in [0.25, 0.3) is 0 Å². The molecule has 0 spiro atoms. The molecule has 1 aromatic heterocycles. The first-order valence-electron chi connectivity index (χ1n) is 8.88. The third-order valence-corrected chi connectivity index (χ3v) is 6.41. The Morgan fingerprint density at radius 3 is 1.88 bits per heavy atom. The van der Waals surface area contributed by atoms with Crippen molar-refractivity contribution in [3.05, 3.63) is 91.0 Å². The van der Waals surface area contributed by atoms with Gasteiger partial charge in [-0.25, -0.2) is 0 Å². The van der Waals surface area contributed by atoms with Gasteiger partial charge in [0.1, 0.15) is 7.85 Å². The number of rotatable bonds is 2. The van der Waals surface area contributed by atoms with Gasteiger partial charge in [-0.15, -0.1) is 11.3 Å². The van der Waals surface area contributed by atoms with Crippen LogP contribution in [0.1, 0.15) is 0 Å². The van der Waals surface area contributed by atoms with Gasteiger partial charge in [0.15, 0.2) is 0 Å². The third kappa shape index (κ3) is 2.46. The normalized spacial score (nSPS) is 11.2. The molecule has 26 heavy (non-hydrogen) atoms. The lowest BCUT2D eigenvalue weighted by Gasteiger charge is -2.06. The molecule has 0 bridgehead atoms. The molecule has 0 aliphatic rings. The molecule has 0 aliphatic heterocycles. The van der Waals surface area contributed by atoms with E-state index < -0.39 is 0 Å². The van der Waals surface area contributed by atoms with Gasteiger partial charge in [-0.1, -0.05) is 96.5 Å². The molecule has 0 N–H and O–H groups in total. The van der Waals surface area contributed by atoms with E-state index in [1.165, 1.54) is 47.9 Å². The molecule has 0 amide bonds. The summed E-state index contributed by atoms with van der Waals surface area (Å²) in [4.78, 5) is 0. The largest absolute Gasteiger partial charge is 0.141 e. The fourth-order valence-corrected chi connectivity index (χ4v) is 4.97. The van der Waals surface area contributed by atoms with Crippen molar-refractivity contribution in [2.24, 2.45) is 0 Å². The Labute approximate surface area is 158 Å². The zero-order chi connectivity index (χ0) is 17.5. The lowest BCUT2D eigenvalue weighted by Crippen LogP contribution is -1.99. The molecule has 5 aromatic rings. The van der Waals surface area contributed by atoms with Crippen LogP contribution in [0.15, 0.2) is 91.0 Å². The summed E-state index contributed by atoms with van der Waals surface area (Å²) in [7, 11) is 2.20. The van der Waals surface area contributed by atoms with Gasteiger partial charge in [-0.2, -0.15) is 0 Å². The number of benzene rings is 4. The van der Waals surface area contributed by atoms with Crippen LogP contribution in [0.5, 0.6) is 0 Å². The molecule has 0 atom stereocenters. The number of hydrogen-bond acceptors (Lipinski definition) is 1. The van der Waals surface area contributed by atoms with E-state index in [9.17, 15) is 0 Å². The predicted octanol–water partition coefficient (Wildman–Crippen LogP) is 5.65. The first-order valence-corrected chi connectivity index (χ1v) is 9.69. The van der Waals surface area contributed by atoms with E-state index in [-0.39, 0.29) is 0 Å². The second-order valence-electron chi connectivity index (χ2n) is 6.68. The molecule has 4 aromatic carbocycles. The Bertz CT molecular complexity index is 1220. The molecule has 122 valence electrons. The zero-order valence-electron chi connectivity index (χ0n) is 14.6. The average Bonchev–Trinajstić information content (AvgIpc) is 3.09. The van der Waals surface area contributed by atoms with E-state index in [2.05, 4.69) is 98.8 Å². The van der Waals surface area contributed by atoms with E-state index >= 15 is 0 Å². The molecule has 0 radical (unpaired) electrons. The minimum absolute atomic E-state index is 1.26. The van der Waals surface area contributed by atoms with Crippen molar-refractivity contribution in [3.63, 3.8) is 0 Å². The maximum atomic E-state index is 2.25. The topological polar surface area (TPSA) is 0 Å². The summed E-state index contributed by atoms with van der Waals surface area (Å²) in [5, 5.41) is 2.73. The monoisotopic (exact) mass is 348 g/mol. The lowest BCUT2D eigenvalue weighted by molar-refractivity contribution is 1.61. The average molecular weight is 348 g/mol. The van der Waals surface area contributed by atoms with Gasteiger partial charge in [0, 0.05) is 14.8 Å². The van der Waals surface area contributed by atoms with Crippen LogP contribution in [0.3, 0.4) is 0 Å². The highest BCUT2D eigenvalue weighted by molar-refractivity contribution is 7.27. The van der Waals surface area contributed by atoms with Crippen LogP contribution in [0, 0.1) is 0 Å². The minimum atomic E-state index is 1.26.